The molecule has 0 aliphatic rings. The first-order valence-electron chi connectivity index (χ1n) is 23.7. The number of ether oxygens (including phenoxy) is 2. The molecule has 0 aliphatic carbocycles. The quantitative estimate of drug-likeness (QED) is 0.0103. The molecule has 450 valence electrons. The number of fused-ring (bicyclic) bond motifs is 3. The Hall–Kier alpha value is -10.3. The lowest BCUT2D eigenvalue weighted by atomic mass is 9.99. The summed E-state index contributed by atoms with van der Waals surface area (Å²) in [4.78, 5) is 44.2. The van der Waals surface area contributed by atoms with Crippen LogP contribution in [0.5, 0.6) is 28.7 Å². The molecule has 36 heteroatoms. The van der Waals surface area contributed by atoms with E-state index in [4.69, 9.17) is 23.6 Å². The Bertz CT molecular complexity index is 4880. The van der Waals surface area contributed by atoms with Gasteiger partial charge in [-0.2, -0.15) is 43.9 Å². The van der Waals surface area contributed by atoms with Crippen LogP contribution in [0.4, 0.5) is 51.2 Å². The number of hydrogen-bond donors (Lipinski definition) is 8. The van der Waals surface area contributed by atoms with E-state index in [0.717, 1.165) is 80.9 Å². The van der Waals surface area contributed by atoms with Gasteiger partial charge in [0.2, 0.25) is 0 Å². The Morgan fingerprint density at radius 3 is 1.43 bits per heavy atom. The van der Waals surface area contributed by atoms with Gasteiger partial charge in [0.15, 0.2) is 17.2 Å². The lowest BCUT2D eigenvalue weighted by molar-refractivity contribution is -0.121. The highest BCUT2D eigenvalue weighted by molar-refractivity contribution is 7.87. The number of benzene rings is 8. The number of aromatic hydroxyl groups is 3. The minimum absolute atomic E-state index is 0.00795. The summed E-state index contributed by atoms with van der Waals surface area (Å²) in [6.07, 6.45) is 0. The number of nitrogen functional groups attached to an aromatic ring is 1. The van der Waals surface area contributed by atoms with E-state index in [-0.39, 0.29) is 80.0 Å². The average molecular weight is 1270 g/mol. The van der Waals surface area contributed by atoms with Gasteiger partial charge in [-0.3, -0.25) is 27.1 Å². The van der Waals surface area contributed by atoms with E-state index in [0.29, 0.717) is 5.56 Å². The second-order valence-electron chi connectivity index (χ2n) is 17.9. The predicted octanol–water partition coefficient (Wildman–Crippen LogP) is 9.73. The van der Waals surface area contributed by atoms with Crippen LogP contribution < -0.4 is 15.2 Å². The number of carboxylic acids is 2. The topological polar surface area (TPSA) is 508 Å². The molecule has 0 heterocycles. The van der Waals surface area contributed by atoms with Crippen molar-refractivity contribution in [2.75, 3.05) is 20.0 Å². The molecular formula is C51H39N9O23S4. The molecule has 0 saturated heterocycles. The van der Waals surface area contributed by atoms with E-state index in [2.05, 4.69) is 40.9 Å². The van der Waals surface area contributed by atoms with Crippen molar-refractivity contribution in [2.24, 2.45) is 40.9 Å². The van der Waals surface area contributed by atoms with Crippen LogP contribution in [-0.2, 0) is 69.9 Å². The number of aromatic carboxylic acids is 2. The zero-order valence-electron chi connectivity index (χ0n) is 44.2. The fraction of sp³-hybridized carbons (Fsp3) is 0.0980. The maximum absolute atomic E-state index is 13.8. The molecule has 0 saturated carbocycles. The highest BCUT2D eigenvalue weighted by Gasteiger charge is 2.29. The molecule has 0 spiro atoms. The minimum Gasteiger partial charge on any atom is -0.505 e. The van der Waals surface area contributed by atoms with Gasteiger partial charge in [-0.1, -0.05) is 12.1 Å². The third-order valence-corrected chi connectivity index (χ3v) is 16.3. The van der Waals surface area contributed by atoms with E-state index in [9.17, 15) is 87.5 Å². The highest BCUT2D eigenvalue weighted by Crippen LogP contribution is 2.51. The molecule has 0 radical (unpaired) electrons. The Morgan fingerprint density at radius 2 is 0.920 bits per heavy atom. The van der Waals surface area contributed by atoms with E-state index in [1.54, 1.807) is 0 Å². The summed E-state index contributed by atoms with van der Waals surface area (Å²) in [6.45, 7) is 1.51. The number of rotatable bonds is 22. The molecular weight excluding hydrogens is 1230 g/mol. The molecule has 8 aromatic rings. The molecule has 0 bridgehead atoms. The lowest BCUT2D eigenvalue weighted by Gasteiger charge is -2.15. The molecule has 87 heavy (non-hydrogen) atoms. The minimum atomic E-state index is -5.05. The van der Waals surface area contributed by atoms with Gasteiger partial charge in [0.05, 0.1) is 69.9 Å². The Morgan fingerprint density at radius 1 is 0.494 bits per heavy atom. The number of azo groups is 4. The zero-order chi connectivity index (χ0) is 63.7. The average Bonchev–Trinajstić information content (AvgIpc) is 0.875. The molecule has 0 fully saturated rings. The summed E-state index contributed by atoms with van der Waals surface area (Å²) < 4.78 is 142. The molecule has 8 rings (SSSR count). The normalized spacial score (nSPS) is 12.6. The number of carbonyl (C=O) groups is 4. The van der Waals surface area contributed by atoms with Crippen molar-refractivity contribution in [3.8, 4) is 28.7 Å². The van der Waals surface area contributed by atoms with Gasteiger partial charge in [0.25, 0.3) is 53.4 Å². The largest absolute Gasteiger partial charge is 0.505 e. The predicted molar refractivity (Wildman–Crippen MR) is 302 cm³/mol. The summed E-state index contributed by atoms with van der Waals surface area (Å²) in [6, 6.07) is 16.0. The van der Waals surface area contributed by atoms with Crippen molar-refractivity contribution in [3.05, 3.63) is 119 Å². The Balaban J connectivity index is 1.32. The number of aryl methyl sites for hydroxylation is 1. The third-order valence-electron chi connectivity index (χ3n) is 12.4. The van der Waals surface area contributed by atoms with Gasteiger partial charge in [-0.15, -0.1) is 30.7 Å². The van der Waals surface area contributed by atoms with Crippen molar-refractivity contribution in [1.82, 2.24) is 0 Å². The van der Waals surface area contributed by atoms with Crippen LogP contribution in [0.15, 0.2) is 142 Å². The Kier molecular flexibility index (Phi) is 17.5. The van der Waals surface area contributed by atoms with Gasteiger partial charge in [-0.05, 0) is 95.6 Å². The zero-order valence-corrected chi connectivity index (χ0v) is 47.4. The Labute approximate surface area is 488 Å². The SMILES string of the molecule is COS(=O)(=O)c1cc2c(N=Nc3ccc(C)c4cc(S(=O)(=O)OC)c(N=Nc5cc(OC=O)cc(C(=O)O)c5)c(O)c34)ccc(N)c2c(O)c1N=Nc1ccc(CS(=O)(=O)O)c2cc(CS(=O)(=O)O)c(N=Nc3cc(OC=O)cc(C(=O)O)c3)c(O)c12. The number of anilines is 1. The molecule has 0 unspecified atom stereocenters. The number of phenolic OH excluding ortho intramolecular Hbond substituents is 3. The molecule has 8 aromatic carbocycles. The van der Waals surface area contributed by atoms with Gasteiger partial charge in [-0.25, -0.2) is 9.59 Å². The number of nitrogens with two attached hydrogens (primary N) is 1. The standard InChI is InChI=1S/C51H39N9O23S4/c1-23-4-7-37(42-32(23)17-39(86(76,77)80-2)46(49(42)65)59-54-29-11-26(51(68)69)13-31(16-29)83-22-62)56-55-36-9-6-35(52)41-34(36)18-40(87(78,79)81-3)45(47(41)63)60-57-38-8-5-24(19-84(70,71)72)33-14-27(20-85(73,74)75)44(48(64)43(33)38)58-53-28-10-25(50(66)67)12-30(15-28)82-21-61/h4-18,21-22,63-65H,19-20,52H2,1-3H3,(H,66,67)(H,68,69)(H,70,71,72)(H,73,74,75). The van der Waals surface area contributed by atoms with Crippen molar-refractivity contribution < 1.29 is 105 Å². The monoisotopic (exact) mass is 1270 g/mol. The molecule has 0 aromatic heterocycles. The lowest BCUT2D eigenvalue weighted by Crippen LogP contribution is -2.05. The second kappa shape index (κ2) is 24.3. The summed E-state index contributed by atoms with van der Waals surface area (Å²) in [7, 11) is -18.2. The molecule has 32 nitrogen and oxygen atoms in total. The van der Waals surface area contributed by atoms with E-state index in [1.807, 2.05) is 0 Å². The summed E-state index contributed by atoms with van der Waals surface area (Å²) in [5.41, 5.74) is 0.543. The van der Waals surface area contributed by atoms with Crippen LogP contribution >= 0.6 is 0 Å². The summed E-state index contributed by atoms with van der Waals surface area (Å²) in [5, 5.41) is 85.6. The fourth-order valence-electron chi connectivity index (χ4n) is 8.58. The number of carbonyl (C=O) groups excluding carboxylic acids is 2. The first-order chi connectivity index (χ1) is 40.9. The van der Waals surface area contributed by atoms with Crippen LogP contribution in [0.25, 0.3) is 32.3 Å². The van der Waals surface area contributed by atoms with Crippen LogP contribution in [0, 0.1) is 6.92 Å². The smallest absolute Gasteiger partial charge is 0.335 e. The van der Waals surface area contributed by atoms with E-state index in [1.165, 1.54) is 31.2 Å². The molecule has 0 atom stereocenters. The first-order valence-corrected chi connectivity index (χ1v) is 29.8. The number of carboxylic acid groups (broad SMARTS) is 2. The van der Waals surface area contributed by atoms with Gasteiger partial charge >= 0.3 is 11.9 Å². The van der Waals surface area contributed by atoms with E-state index < -0.39 is 141 Å². The van der Waals surface area contributed by atoms with Crippen molar-refractivity contribution in [3.63, 3.8) is 0 Å². The molecule has 0 aliphatic heterocycles. The maximum Gasteiger partial charge on any atom is 0.335 e. The van der Waals surface area contributed by atoms with Crippen molar-refractivity contribution >= 4 is 149 Å². The number of phenols is 3. The highest BCUT2D eigenvalue weighted by atomic mass is 32.2. The third kappa shape index (κ3) is 13.5. The van der Waals surface area contributed by atoms with Crippen LogP contribution in [0.2, 0.25) is 0 Å². The molecule has 0 amide bonds. The summed E-state index contributed by atoms with van der Waals surface area (Å²) >= 11 is 0. The first kappa shape index (κ1) is 62.7. The number of nitrogens with zero attached hydrogens (tertiary/aromatic N) is 8. The fourth-order valence-corrected chi connectivity index (χ4v) is 11.5. The van der Waals surface area contributed by atoms with Crippen LogP contribution in [-0.4, -0.2) is 107 Å². The molecule has 9 N–H and O–H groups in total. The van der Waals surface area contributed by atoms with Crippen LogP contribution in [0.1, 0.15) is 37.4 Å². The van der Waals surface area contributed by atoms with Crippen molar-refractivity contribution in [2.45, 2.75) is 28.2 Å². The maximum atomic E-state index is 13.8. The summed E-state index contributed by atoms with van der Waals surface area (Å²) in [5.74, 6) is -9.18. The van der Waals surface area contributed by atoms with Crippen molar-refractivity contribution in [1.29, 1.82) is 0 Å². The van der Waals surface area contributed by atoms with Gasteiger partial charge in [0, 0.05) is 28.8 Å². The van der Waals surface area contributed by atoms with Gasteiger partial charge < -0.3 is 40.7 Å². The van der Waals surface area contributed by atoms with E-state index >= 15 is 0 Å². The van der Waals surface area contributed by atoms with Gasteiger partial charge in [0.1, 0.15) is 49.9 Å². The number of hydrogen-bond acceptors (Lipinski definition) is 28. The second-order valence-corrected chi connectivity index (χ2v) is 24.2. The van der Waals surface area contributed by atoms with Crippen LogP contribution in [0.3, 0.4) is 0 Å².